The normalized spacial score (nSPS) is 19.3. The van der Waals surface area contributed by atoms with E-state index in [2.05, 4.69) is 26.1 Å². The number of hydrogen-bond acceptors (Lipinski definition) is 8. The third-order valence-corrected chi connectivity index (χ3v) is 7.09. The van der Waals surface area contributed by atoms with Gasteiger partial charge in [-0.1, -0.05) is 70.9 Å². The average molecular weight is 480 g/mol. The predicted molar refractivity (Wildman–Crippen MR) is 121 cm³/mol. The fourth-order valence-electron chi connectivity index (χ4n) is 2.97. The Morgan fingerprint density at radius 3 is 2.50 bits per heavy atom. The lowest BCUT2D eigenvalue weighted by atomic mass is 10.0. The van der Waals surface area contributed by atoms with Crippen LogP contribution in [0, 0.1) is 0 Å². The lowest BCUT2D eigenvalue weighted by Gasteiger charge is -2.29. The summed E-state index contributed by atoms with van der Waals surface area (Å²) in [6.07, 6.45) is -0.772. The summed E-state index contributed by atoms with van der Waals surface area (Å²) < 4.78 is 5.20. The zero-order valence-corrected chi connectivity index (χ0v) is 19.2. The Hall–Kier alpha value is -2.73. The van der Waals surface area contributed by atoms with Gasteiger partial charge in [0.25, 0.3) is 0 Å². The van der Waals surface area contributed by atoms with Crippen LogP contribution in [0.2, 0.25) is 0 Å². The van der Waals surface area contributed by atoms with Crippen LogP contribution in [0.15, 0.2) is 34.9 Å². The Bertz CT molecular complexity index is 939. The predicted octanol–water partition coefficient (Wildman–Crippen LogP) is 2.11. The molecule has 0 radical (unpaired) electrons. The van der Waals surface area contributed by atoms with E-state index in [1.807, 2.05) is 44.2 Å². The van der Waals surface area contributed by atoms with Crippen LogP contribution in [0.1, 0.15) is 43.1 Å². The molecule has 2 heterocycles. The highest BCUT2D eigenvalue weighted by molar-refractivity contribution is 8.76. The Morgan fingerprint density at radius 1 is 1.16 bits per heavy atom. The molecule has 0 aliphatic carbocycles. The largest absolute Gasteiger partial charge is 0.465 e. The standard InChI is InChI=1S/C20H25N5O5S2/c1-11(2)16-24-19(30-25-16)15(23-20(28)29)10-32-31-9-14-18(27)21-13(17(26)22-14)8-12-6-4-3-5-7-12/h3-7,11,13-15,23H,8-10H2,1-2H3,(H,21,27)(H,22,26)(H,28,29)/t13-,14+,15+/m1/s1. The molecule has 1 aliphatic heterocycles. The van der Waals surface area contributed by atoms with Crippen LogP contribution in [0.3, 0.4) is 0 Å². The lowest BCUT2D eigenvalue weighted by Crippen LogP contribution is -2.63. The van der Waals surface area contributed by atoms with Crippen LogP contribution in [0.5, 0.6) is 0 Å². The Balaban J connectivity index is 1.47. The van der Waals surface area contributed by atoms with Crippen molar-refractivity contribution in [1.29, 1.82) is 0 Å². The van der Waals surface area contributed by atoms with Crippen molar-refractivity contribution in [2.24, 2.45) is 0 Å². The number of hydrogen-bond donors (Lipinski definition) is 4. The fourth-order valence-corrected chi connectivity index (χ4v) is 5.29. The van der Waals surface area contributed by atoms with E-state index in [9.17, 15) is 14.4 Å². The third kappa shape index (κ3) is 6.63. The molecule has 1 aliphatic rings. The summed E-state index contributed by atoms with van der Waals surface area (Å²) in [5, 5.41) is 20.9. The second kappa shape index (κ2) is 11.2. The Labute approximate surface area is 193 Å². The van der Waals surface area contributed by atoms with Crippen molar-refractivity contribution in [3.05, 3.63) is 47.6 Å². The highest BCUT2D eigenvalue weighted by atomic mass is 33.1. The maximum absolute atomic E-state index is 12.4. The summed E-state index contributed by atoms with van der Waals surface area (Å²) in [6, 6.07) is 7.55. The second-order valence-electron chi connectivity index (χ2n) is 7.53. The van der Waals surface area contributed by atoms with Gasteiger partial charge < -0.3 is 25.6 Å². The molecular weight excluding hydrogens is 454 g/mol. The van der Waals surface area contributed by atoms with Crippen LogP contribution in [-0.4, -0.2) is 56.7 Å². The number of aromatic nitrogens is 2. The number of rotatable bonds is 10. The van der Waals surface area contributed by atoms with Gasteiger partial charge in [-0.05, 0) is 5.56 Å². The number of carbonyl (C=O) groups is 3. The van der Waals surface area contributed by atoms with Crippen LogP contribution < -0.4 is 16.0 Å². The number of nitrogens with one attached hydrogen (secondary N) is 3. The molecule has 2 aromatic rings. The number of piperazine rings is 1. The van der Waals surface area contributed by atoms with Gasteiger partial charge in [0.05, 0.1) is 0 Å². The summed E-state index contributed by atoms with van der Waals surface area (Å²) in [5.74, 6) is 0.938. The van der Waals surface area contributed by atoms with Crippen LogP contribution in [0.4, 0.5) is 4.79 Å². The van der Waals surface area contributed by atoms with E-state index < -0.39 is 24.2 Å². The van der Waals surface area contributed by atoms with Gasteiger partial charge in [-0.15, -0.1) is 0 Å². The molecule has 12 heteroatoms. The molecule has 10 nitrogen and oxygen atoms in total. The molecule has 1 fully saturated rings. The van der Waals surface area contributed by atoms with Gasteiger partial charge in [-0.25, -0.2) is 4.79 Å². The maximum atomic E-state index is 12.4. The summed E-state index contributed by atoms with van der Waals surface area (Å²) >= 11 is 0. The number of amides is 3. The van der Waals surface area contributed by atoms with E-state index in [1.54, 1.807) is 0 Å². The molecule has 4 N–H and O–H groups in total. The molecule has 1 saturated heterocycles. The third-order valence-electron chi connectivity index (χ3n) is 4.67. The molecule has 3 atom stereocenters. The van der Waals surface area contributed by atoms with E-state index in [0.717, 1.165) is 5.56 Å². The molecule has 3 rings (SSSR count). The smallest absolute Gasteiger partial charge is 0.405 e. The number of benzene rings is 1. The van der Waals surface area contributed by atoms with Crippen molar-refractivity contribution < 1.29 is 24.0 Å². The topological polar surface area (TPSA) is 146 Å². The highest BCUT2D eigenvalue weighted by Crippen LogP contribution is 2.28. The number of carboxylic acid groups (broad SMARTS) is 1. The molecule has 1 aromatic heterocycles. The highest BCUT2D eigenvalue weighted by Gasteiger charge is 2.33. The molecule has 0 spiro atoms. The zero-order chi connectivity index (χ0) is 23.1. The van der Waals surface area contributed by atoms with Crippen LogP contribution in [0.25, 0.3) is 0 Å². The lowest BCUT2D eigenvalue weighted by molar-refractivity contribution is -0.136. The Morgan fingerprint density at radius 2 is 1.84 bits per heavy atom. The minimum atomic E-state index is -1.20. The summed E-state index contributed by atoms with van der Waals surface area (Å²) in [6.45, 7) is 3.82. The van der Waals surface area contributed by atoms with Crippen molar-refractivity contribution >= 4 is 39.5 Å². The first-order valence-corrected chi connectivity index (χ1v) is 12.5. The molecule has 0 saturated carbocycles. The van der Waals surface area contributed by atoms with Gasteiger partial charge in [-0.2, -0.15) is 4.98 Å². The van der Waals surface area contributed by atoms with Crippen LogP contribution >= 0.6 is 21.6 Å². The van der Waals surface area contributed by atoms with Gasteiger partial charge in [0, 0.05) is 23.8 Å². The fraction of sp³-hybridized carbons (Fsp3) is 0.450. The van der Waals surface area contributed by atoms with Gasteiger partial charge in [0.2, 0.25) is 17.7 Å². The number of carbonyl (C=O) groups excluding carboxylic acids is 2. The summed E-state index contributed by atoms with van der Waals surface area (Å²) in [4.78, 5) is 40.2. The van der Waals surface area contributed by atoms with Gasteiger partial charge in [-0.3, -0.25) is 9.59 Å². The quantitative estimate of drug-likeness (QED) is 0.297. The Kier molecular flexibility index (Phi) is 8.39. The molecule has 32 heavy (non-hydrogen) atoms. The molecule has 3 amide bonds. The average Bonchev–Trinajstić information content (AvgIpc) is 3.24. The SMILES string of the molecule is CC(C)c1noc([C@H](CSSC[C@@H]2NC(=O)[C@@H](Cc3ccccc3)NC2=O)NC(=O)O)n1. The van der Waals surface area contributed by atoms with Crippen molar-refractivity contribution in [2.45, 2.75) is 44.3 Å². The summed E-state index contributed by atoms with van der Waals surface area (Å²) in [7, 11) is 2.70. The van der Waals surface area contributed by atoms with Gasteiger partial charge in [0.1, 0.15) is 18.1 Å². The molecule has 0 unspecified atom stereocenters. The second-order valence-corrected chi connectivity index (χ2v) is 10.1. The molecule has 0 bridgehead atoms. The summed E-state index contributed by atoms with van der Waals surface area (Å²) in [5.41, 5.74) is 0.968. The number of nitrogens with zero attached hydrogens (tertiary/aromatic N) is 2. The molecular formula is C20H25N5O5S2. The minimum Gasteiger partial charge on any atom is -0.465 e. The van der Waals surface area contributed by atoms with E-state index in [1.165, 1.54) is 21.6 Å². The zero-order valence-electron chi connectivity index (χ0n) is 17.6. The first-order valence-electron chi connectivity index (χ1n) is 10.1. The van der Waals surface area contributed by atoms with E-state index >= 15 is 0 Å². The van der Waals surface area contributed by atoms with Gasteiger partial charge >= 0.3 is 6.09 Å². The minimum absolute atomic E-state index is 0.0548. The van der Waals surface area contributed by atoms with E-state index in [0.29, 0.717) is 23.8 Å². The first kappa shape index (κ1) is 23.9. The maximum Gasteiger partial charge on any atom is 0.405 e. The first-order chi connectivity index (χ1) is 15.3. The van der Waals surface area contributed by atoms with E-state index in [-0.39, 0.29) is 23.6 Å². The monoisotopic (exact) mass is 479 g/mol. The van der Waals surface area contributed by atoms with E-state index in [4.69, 9.17) is 9.63 Å². The van der Waals surface area contributed by atoms with Crippen molar-refractivity contribution in [1.82, 2.24) is 26.1 Å². The molecule has 1 aromatic carbocycles. The van der Waals surface area contributed by atoms with Gasteiger partial charge in [0.15, 0.2) is 5.82 Å². The van der Waals surface area contributed by atoms with Crippen molar-refractivity contribution in [2.75, 3.05) is 11.5 Å². The van der Waals surface area contributed by atoms with Crippen LogP contribution in [-0.2, 0) is 16.0 Å². The van der Waals surface area contributed by atoms with Crippen molar-refractivity contribution in [3.8, 4) is 0 Å². The van der Waals surface area contributed by atoms with Crippen molar-refractivity contribution in [3.63, 3.8) is 0 Å². The molecule has 172 valence electrons.